The van der Waals surface area contributed by atoms with E-state index >= 15 is 0 Å². The Morgan fingerprint density at radius 1 is 1.16 bits per heavy atom. The highest BCUT2D eigenvalue weighted by molar-refractivity contribution is 6.02. The second-order valence-corrected chi connectivity index (χ2v) is 4.42. The number of pyridine rings is 1. The fraction of sp³-hybridized carbons (Fsp3) is 0.125. The van der Waals surface area contributed by atoms with Crippen LogP contribution in [-0.2, 0) is 4.79 Å². The predicted molar refractivity (Wildman–Crippen MR) is 77.8 cm³/mol. The van der Waals surface area contributed by atoms with Gasteiger partial charge in [0.15, 0.2) is 0 Å². The van der Waals surface area contributed by atoms with Gasteiger partial charge in [-0.25, -0.2) is 0 Å². The van der Waals surface area contributed by atoms with Crippen LogP contribution in [0.3, 0.4) is 0 Å². The van der Waals surface area contributed by atoms with Gasteiger partial charge in [0.1, 0.15) is 0 Å². The lowest BCUT2D eigenvalue weighted by molar-refractivity contribution is -0.111. The molecule has 0 aliphatic rings. The number of anilines is 1. The SMILES string of the molecule is Cc1ccc(NC(=O)/C=C/c2ccncc2)c(C)c1. The fourth-order valence-corrected chi connectivity index (χ4v) is 1.77. The van der Waals surface area contributed by atoms with Gasteiger partial charge < -0.3 is 5.32 Å². The van der Waals surface area contributed by atoms with Crippen molar-refractivity contribution in [2.45, 2.75) is 13.8 Å². The lowest BCUT2D eigenvalue weighted by Crippen LogP contribution is -2.08. The van der Waals surface area contributed by atoms with Gasteiger partial charge in [-0.05, 0) is 49.2 Å². The summed E-state index contributed by atoms with van der Waals surface area (Å²) in [5, 5.41) is 2.87. The standard InChI is InChI=1S/C16H16N2O/c1-12-3-5-15(13(2)11-12)18-16(19)6-4-14-7-9-17-10-8-14/h3-11H,1-2H3,(H,18,19)/b6-4+. The molecule has 1 N–H and O–H groups in total. The van der Waals surface area contributed by atoms with E-state index in [1.165, 1.54) is 11.6 Å². The van der Waals surface area contributed by atoms with Gasteiger partial charge >= 0.3 is 0 Å². The summed E-state index contributed by atoms with van der Waals surface area (Å²) >= 11 is 0. The molecule has 0 saturated carbocycles. The van der Waals surface area contributed by atoms with Crippen LogP contribution in [0.2, 0.25) is 0 Å². The van der Waals surface area contributed by atoms with E-state index in [9.17, 15) is 4.79 Å². The first kappa shape index (κ1) is 13.0. The molecule has 0 unspecified atom stereocenters. The molecule has 0 aliphatic carbocycles. The van der Waals surface area contributed by atoms with Crippen molar-refractivity contribution in [3.8, 4) is 0 Å². The van der Waals surface area contributed by atoms with Crippen molar-refractivity contribution >= 4 is 17.7 Å². The first-order chi connectivity index (χ1) is 9.15. The van der Waals surface area contributed by atoms with Crippen LogP contribution in [0.15, 0.2) is 48.8 Å². The highest BCUT2D eigenvalue weighted by atomic mass is 16.1. The Morgan fingerprint density at radius 2 is 1.89 bits per heavy atom. The summed E-state index contributed by atoms with van der Waals surface area (Å²) < 4.78 is 0. The van der Waals surface area contributed by atoms with E-state index < -0.39 is 0 Å². The minimum Gasteiger partial charge on any atom is -0.322 e. The van der Waals surface area contributed by atoms with E-state index in [1.807, 2.05) is 44.2 Å². The summed E-state index contributed by atoms with van der Waals surface area (Å²) in [7, 11) is 0. The lowest BCUT2D eigenvalue weighted by Gasteiger charge is -2.06. The Morgan fingerprint density at radius 3 is 2.58 bits per heavy atom. The number of carbonyl (C=O) groups excluding carboxylic acids is 1. The molecule has 0 bridgehead atoms. The molecule has 3 nitrogen and oxygen atoms in total. The maximum absolute atomic E-state index is 11.8. The molecule has 2 aromatic rings. The van der Waals surface area contributed by atoms with Crippen molar-refractivity contribution in [1.29, 1.82) is 0 Å². The smallest absolute Gasteiger partial charge is 0.248 e. The Balaban J connectivity index is 2.04. The van der Waals surface area contributed by atoms with E-state index in [-0.39, 0.29) is 5.91 Å². The predicted octanol–water partition coefficient (Wildman–Crippen LogP) is 3.35. The molecule has 1 aromatic heterocycles. The maximum atomic E-state index is 11.8. The summed E-state index contributed by atoms with van der Waals surface area (Å²) in [6.45, 7) is 4.01. The molecule has 3 heteroatoms. The van der Waals surface area contributed by atoms with Gasteiger partial charge in [-0.15, -0.1) is 0 Å². The molecule has 0 saturated heterocycles. The number of amides is 1. The average Bonchev–Trinajstić information content (AvgIpc) is 2.41. The molecular weight excluding hydrogens is 236 g/mol. The summed E-state index contributed by atoms with van der Waals surface area (Å²) in [6.07, 6.45) is 6.68. The number of aromatic nitrogens is 1. The zero-order valence-electron chi connectivity index (χ0n) is 11.1. The average molecular weight is 252 g/mol. The highest BCUT2D eigenvalue weighted by Crippen LogP contribution is 2.16. The van der Waals surface area contributed by atoms with E-state index in [0.717, 1.165) is 16.8 Å². The Bertz CT molecular complexity index is 603. The number of nitrogens with zero attached hydrogens (tertiary/aromatic N) is 1. The number of benzene rings is 1. The molecular formula is C16H16N2O. The number of hydrogen-bond acceptors (Lipinski definition) is 2. The first-order valence-electron chi connectivity index (χ1n) is 6.11. The third kappa shape index (κ3) is 3.78. The van der Waals surface area contributed by atoms with Gasteiger partial charge in [0.2, 0.25) is 5.91 Å². The van der Waals surface area contributed by atoms with Gasteiger partial charge in [-0.2, -0.15) is 0 Å². The summed E-state index contributed by atoms with van der Waals surface area (Å²) in [6, 6.07) is 9.64. The molecule has 1 aromatic carbocycles. The van der Waals surface area contributed by atoms with Crippen molar-refractivity contribution in [1.82, 2.24) is 4.98 Å². The van der Waals surface area contributed by atoms with Gasteiger partial charge in [-0.3, -0.25) is 9.78 Å². The largest absolute Gasteiger partial charge is 0.322 e. The van der Waals surface area contributed by atoms with Crippen LogP contribution in [0.5, 0.6) is 0 Å². The second-order valence-electron chi connectivity index (χ2n) is 4.42. The number of nitrogens with one attached hydrogen (secondary N) is 1. The highest BCUT2D eigenvalue weighted by Gasteiger charge is 2.01. The summed E-state index contributed by atoms with van der Waals surface area (Å²) in [5.41, 5.74) is 4.04. The Labute approximate surface area is 113 Å². The van der Waals surface area contributed by atoms with Crippen LogP contribution in [0.4, 0.5) is 5.69 Å². The number of carbonyl (C=O) groups is 1. The molecule has 0 atom stereocenters. The summed E-state index contributed by atoms with van der Waals surface area (Å²) in [4.78, 5) is 15.7. The van der Waals surface area contributed by atoms with Gasteiger partial charge in [0.05, 0.1) is 0 Å². The molecule has 0 radical (unpaired) electrons. The zero-order valence-corrected chi connectivity index (χ0v) is 11.1. The van der Waals surface area contributed by atoms with Crippen molar-refractivity contribution < 1.29 is 4.79 Å². The van der Waals surface area contributed by atoms with E-state index in [0.29, 0.717) is 0 Å². The zero-order chi connectivity index (χ0) is 13.7. The van der Waals surface area contributed by atoms with Gasteiger partial charge in [0.25, 0.3) is 0 Å². The van der Waals surface area contributed by atoms with Crippen molar-refractivity contribution in [2.24, 2.45) is 0 Å². The maximum Gasteiger partial charge on any atom is 0.248 e. The molecule has 0 spiro atoms. The monoisotopic (exact) mass is 252 g/mol. The van der Waals surface area contributed by atoms with Crippen molar-refractivity contribution in [3.05, 3.63) is 65.5 Å². The molecule has 1 heterocycles. The molecule has 19 heavy (non-hydrogen) atoms. The fourth-order valence-electron chi connectivity index (χ4n) is 1.77. The van der Waals surface area contributed by atoms with Gasteiger partial charge in [-0.1, -0.05) is 17.7 Å². The third-order valence-corrected chi connectivity index (χ3v) is 2.77. The Kier molecular flexibility index (Phi) is 4.08. The Hall–Kier alpha value is -2.42. The van der Waals surface area contributed by atoms with Crippen LogP contribution in [0.1, 0.15) is 16.7 Å². The quantitative estimate of drug-likeness (QED) is 0.851. The van der Waals surface area contributed by atoms with Crippen LogP contribution < -0.4 is 5.32 Å². The molecule has 0 fully saturated rings. The minimum absolute atomic E-state index is 0.135. The summed E-state index contributed by atoms with van der Waals surface area (Å²) in [5.74, 6) is -0.135. The minimum atomic E-state index is -0.135. The van der Waals surface area contributed by atoms with E-state index in [2.05, 4.69) is 10.3 Å². The number of aryl methyl sites for hydroxylation is 2. The van der Waals surface area contributed by atoms with Crippen LogP contribution in [0.25, 0.3) is 6.08 Å². The number of hydrogen-bond donors (Lipinski definition) is 1. The molecule has 96 valence electrons. The van der Waals surface area contributed by atoms with E-state index in [1.54, 1.807) is 18.5 Å². The van der Waals surface area contributed by atoms with Crippen LogP contribution in [-0.4, -0.2) is 10.9 Å². The molecule has 0 aliphatic heterocycles. The molecule has 1 amide bonds. The number of rotatable bonds is 3. The normalized spacial score (nSPS) is 10.6. The lowest BCUT2D eigenvalue weighted by atomic mass is 10.1. The first-order valence-corrected chi connectivity index (χ1v) is 6.11. The van der Waals surface area contributed by atoms with Crippen molar-refractivity contribution in [3.63, 3.8) is 0 Å². The van der Waals surface area contributed by atoms with Crippen LogP contribution >= 0.6 is 0 Å². The van der Waals surface area contributed by atoms with E-state index in [4.69, 9.17) is 0 Å². The topological polar surface area (TPSA) is 42.0 Å². The third-order valence-electron chi connectivity index (χ3n) is 2.77. The van der Waals surface area contributed by atoms with Crippen LogP contribution in [0, 0.1) is 13.8 Å². The molecule has 2 rings (SSSR count). The van der Waals surface area contributed by atoms with Crippen molar-refractivity contribution in [2.75, 3.05) is 5.32 Å². The van der Waals surface area contributed by atoms with Gasteiger partial charge in [0, 0.05) is 24.2 Å². The second kappa shape index (κ2) is 5.96.